The minimum atomic E-state index is -4.61. The van der Waals surface area contributed by atoms with E-state index in [-0.39, 0.29) is 17.0 Å². The number of amides is 1. The van der Waals surface area contributed by atoms with Gasteiger partial charge in [0.2, 0.25) is 0 Å². The van der Waals surface area contributed by atoms with Crippen molar-refractivity contribution in [3.05, 3.63) is 33.8 Å². The quantitative estimate of drug-likeness (QED) is 0.752. The van der Waals surface area contributed by atoms with Crippen LogP contribution in [0.15, 0.2) is 22.7 Å². The van der Waals surface area contributed by atoms with Crippen LogP contribution in [0.4, 0.5) is 13.2 Å². The van der Waals surface area contributed by atoms with Crippen molar-refractivity contribution in [3.8, 4) is 0 Å². The Balaban J connectivity index is 3.01. The number of hydrogen-bond acceptors (Lipinski definition) is 2. The third kappa shape index (κ3) is 5.48. The molecule has 21 heavy (non-hydrogen) atoms. The molecule has 0 radical (unpaired) electrons. The van der Waals surface area contributed by atoms with Crippen LogP contribution in [0.5, 0.6) is 0 Å². The Morgan fingerprint density at radius 3 is 2.67 bits per heavy atom. The van der Waals surface area contributed by atoms with E-state index in [1.165, 1.54) is 13.2 Å². The molecular formula is C13H14BrClF3NO2. The number of nitrogens with one attached hydrogen (secondary N) is 1. The maximum atomic E-state index is 13.0. The van der Waals surface area contributed by atoms with Crippen molar-refractivity contribution in [2.24, 2.45) is 0 Å². The van der Waals surface area contributed by atoms with Gasteiger partial charge in [0.05, 0.1) is 23.8 Å². The third-order valence-electron chi connectivity index (χ3n) is 2.69. The molecule has 1 rings (SSSR count). The van der Waals surface area contributed by atoms with Crippen LogP contribution in [0.3, 0.4) is 0 Å². The number of carbonyl (C=O) groups is 1. The van der Waals surface area contributed by atoms with Crippen molar-refractivity contribution in [3.63, 3.8) is 0 Å². The van der Waals surface area contributed by atoms with Crippen LogP contribution in [-0.2, 0) is 10.9 Å². The highest BCUT2D eigenvalue weighted by molar-refractivity contribution is 9.10. The van der Waals surface area contributed by atoms with Crippen LogP contribution in [-0.4, -0.2) is 31.5 Å². The highest BCUT2D eigenvalue weighted by Crippen LogP contribution is 2.33. The van der Waals surface area contributed by atoms with Crippen LogP contribution in [0.25, 0.3) is 0 Å². The van der Waals surface area contributed by atoms with Crippen molar-refractivity contribution < 1.29 is 22.7 Å². The van der Waals surface area contributed by atoms with Crippen molar-refractivity contribution >= 4 is 33.4 Å². The average molecular weight is 389 g/mol. The van der Waals surface area contributed by atoms with E-state index in [1.807, 2.05) is 0 Å². The number of methoxy groups -OCH3 is 1. The van der Waals surface area contributed by atoms with E-state index in [9.17, 15) is 18.0 Å². The van der Waals surface area contributed by atoms with E-state index in [1.54, 1.807) is 0 Å². The second kappa shape index (κ2) is 8.00. The fraction of sp³-hybridized carbons (Fsp3) is 0.462. The van der Waals surface area contributed by atoms with E-state index in [0.717, 1.165) is 12.1 Å². The van der Waals surface area contributed by atoms with Crippen LogP contribution in [0.1, 0.15) is 22.3 Å². The summed E-state index contributed by atoms with van der Waals surface area (Å²) in [6.07, 6.45) is -4.21. The zero-order valence-electron chi connectivity index (χ0n) is 11.1. The van der Waals surface area contributed by atoms with Gasteiger partial charge >= 0.3 is 6.18 Å². The Morgan fingerprint density at radius 2 is 2.14 bits per heavy atom. The molecule has 0 saturated heterocycles. The molecule has 0 aliphatic heterocycles. The molecule has 3 nitrogen and oxygen atoms in total. The van der Waals surface area contributed by atoms with Gasteiger partial charge in [0.15, 0.2) is 0 Å². The molecule has 8 heteroatoms. The fourth-order valence-electron chi connectivity index (χ4n) is 1.74. The molecule has 1 atom stereocenters. The first-order valence-corrected chi connectivity index (χ1v) is 7.34. The van der Waals surface area contributed by atoms with Gasteiger partial charge in [-0.05, 0) is 24.6 Å². The Labute approximate surface area is 133 Å². The normalized spacial score (nSPS) is 13.0. The number of ether oxygens (including phenoxy) is 1. The second-order valence-electron chi connectivity index (χ2n) is 4.29. The molecule has 118 valence electrons. The third-order valence-corrected chi connectivity index (χ3v) is 3.40. The molecule has 1 N–H and O–H groups in total. The van der Waals surface area contributed by atoms with Crippen LogP contribution >= 0.6 is 27.5 Å². The predicted octanol–water partition coefficient (Wildman–Crippen LogP) is 3.84. The summed E-state index contributed by atoms with van der Waals surface area (Å²) in [7, 11) is 1.44. The highest BCUT2D eigenvalue weighted by atomic mass is 79.9. The number of benzene rings is 1. The molecular weight excluding hydrogens is 374 g/mol. The number of rotatable bonds is 6. The minimum Gasteiger partial charge on any atom is -0.383 e. The van der Waals surface area contributed by atoms with Gasteiger partial charge in [-0.2, -0.15) is 13.2 Å². The molecule has 1 aromatic rings. The fourth-order valence-corrected chi connectivity index (χ4v) is 2.37. The molecule has 0 fully saturated rings. The van der Waals surface area contributed by atoms with Gasteiger partial charge in [-0.25, -0.2) is 0 Å². The molecule has 0 aliphatic rings. The Hall–Kier alpha value is -0.790. The summed E-state index contributed by atoms with van der Waals surface area (Å²) in [6.45, 7) is 0.177. The Bertz CT molecular complexity index is 491. The van der Waals surface area contributed by atoms with Crippen molar-refractivity contribution in [1.29, 1.82) is 0 Å². The lowest BCUT2D eigenvalue weighted by atomic mass is 10.1. The first-order chi connectivity index (χ1) is 9.79. The molecule has 0 aromatic heterocycles. The number of halogens is 5. The van der Waals surface area contributed by atoms with Gasteiger partial charge in [-0.15, -0.1) is 11.6 Å². The largest absolute Gasteiger partial charge is 0.417 e. The topological polar surface area (TPSA) is 38.3 Å². The maximum absolute atomic E-state index is 13.0. The zero-order chi connectivity index (χ0) is 16.0. The summed E-state index contributed by atoms with van der Waals surface area (Å²) >= 11 is 8.56. The molecule has 1 amide bonds. The summed E-state index contributed by atoms with van der Waals surface area (Å²) in [5, 5.41) is 2.50. The zero-order valence-corrected chi connectivity index (χ0v) is 13.5. The van der Waals surface area contributed by atoms with Crippen molar-refractivity contribution in [2.75, 3.05) is 19.6 Å². The Morgan fingerprint density at radius 1 is 1.48 bits per heavy atom. The van der Waals surface area contributed by atoms with Crippen LogP contribution in [0.2, 0.25) is 0 Å². The molecule has 0 saturated carbocycles. The summed E-state index contributed by atoms with van der Waals surface area (Å²) in [6, 6.07) is 2.95. The standard InChI is InChI=1S/C13H14BrClF3NO2/c1-21-7-9(4-5-15)19-12(20)10-3-2-8(14)6-11(10)13(16,17)18/h2-3,6,9H,4-5,7H2,1H3,(H,19,20). The summed E-state index contributed by atoms with van der Waals surface area (Å²) in [5.74, 6) is -0.539. The lowest BCUT2D eigenvalue weighted by Crippen LogP contribution is -2.39. The minimum absolute atomic E-state index is 0.177. The maximum Gasteiger partial charge on any atom is 0.417 e. The van der Waals surface area contributed by atoms with E-state index in [2.05, 4.69) is 21.2 Å². The average Bonchev–Trinajstić information content (AvgIpc) is 2.38. The van der Waals surface area contributed by atoms with E-state index < -0.39 is 29.3 Å². The highest BCUT2D eigenvalue weighted by Gasteiger charge is 2.35. The van der Waals surface area contributed by atoms with E-state index in [0.29, 0.717) is 6.42 Å². The first kappa shape index (κ1) is 18.3. The van der Waals surface area contributed by atoms with Gasteiger partial charge in [0.1, 0.15) is 0 Å². The molecule has 1 aromatic carbocycles. The van der Waals surface area contributed by atoms with Gasteiger partial charge in [-0.3, -0.25) is 4.79 Å². The SMILES string of the molecule is COCC(CCCl)NC(=O)c1ccc(Br)cc1C(F)(F)F. The molecule has 0 heterocycles. The predicted molar refractivity (Wildman–Crippen MR) is 77.6 cm³/mol. The number of carbonyl (C=O) groups excluding carboxylic acids is 1. The molecule has 0 bridgehead atoms. The second-order valence-corrected chi connectivity index (χ2v) is 5.58. The van der Waals surface area contributed by atoms with Gasteiger partial charge < -0.3 is 10.1 Å². The molecule has 0 spiro atoms. The summed E-state index contributed by atoms with van der Waals surface area (Å²) in [4.78, 5) is 12.1. The first-order valence-electron chi connectivity index (χ1n) is 6.02. The molecule has 0 aliphatic carbocycles. The lowest BCUT2D eigenvalue weighted by Gasteiger charge is -2.19. The number of hydrogen-bond donors (Lipinski definition) is 1. The van der Waals surface area contributed by atoms with Gasteiger partial charge in [-0.1, -0.05) is 15.9 Å². The van der Waals surface area contributed by atoms with Crippen molar-refractivity contribution in [1.82, 2.24) is 5.32 Å². The molecule has 1 unspecified atom stereocenters. The monoisotopic (exact) mass is 387 g/mol. The lowest BCUT2D eigenvalue weighted by molar-refractivity contribution is -0.138. The van der Waals surface area contributed by atoms with Gasteiger partial charge in [0.25, 0.3) is 5.91 Å². The summed E-state index contributed by atoms with van der Waals surface area (Å²) in [5.41, 5.74) is -1.42. The van der Waals surface area contributed by atoms with Crippen LogP contribution in [0, 0.1) is 0 Å². The van der Waals surface area contributed by atoms with Crippen LogP contribution < -0.4 is 5.32 Å². The summed E-state index contributed by atoms with van der Waals surface area (Å²) < 4.78 is 44.1. The van der Waals surface area contributed by atoms with E-state index >= 15 is 0 Å². The smallest absolute Gasteiger partial charge is 0.383 e. The number of alkyl halides is 4. The van der Waals surface area contributed by atoms with E-state index in [4.69, 9.17) is 16.3 Å². The Kier molecular flexibility index (Phi) is 6.96. The van der Waals surface area contributed by atoms with Crippen molar-refractivity contribution in [2.45, 2.75) is 18.6 Å². The van der Waals surface area contributed by atoms with Gasteiger partial charge in [0, 0.05) is 17.5 Å².